The third-order valence-electron chi connectivity index (χ3n) is 5.60. The van der Waals surface area contributed by atoms with Gasteiger partial charge in [0.05, 0.1) is 11.6 Å². The Bertz CT molecular complexity index is 532. The highest BCUT2D eigenvalue weighted by atomic mass is 16.7. The van der Waals surface area contributed by atoms with Gasteiger partial charge in [0, 0.05) is 25.3 Å². The summed E-state index contributed by atoms with van der Waals surface area (Å²) in [5.41, 5.74) is 3.82. The van der Waals surface area contributed by atoms with Crippen LogP contribution in [0.1, 0.15) is 44.6 Å². The van der Waals surface area contributed by atoms with Crippen molar-refractivity contribution in [2.75, 3.05) is 26.2 Å². The van der Waals surface area contributed by atoms with Crippen molar-refractivity contribution in [2.24, 2.45) is 0 Å². The lowest BCUT2D eigenvalue weighted by Crippen LogP contribution is -2.64. The summed E-state index contributed by atoms with van der Waals surface area (Å²) in [5.74, 6) is 0. The largest absolute Gasteiger partial charge is 0.311 e. The Morgan fingerprint density at radius 2 is 2.20 bits per heavy atom. The summed E-state index contributed by atoms with van der Waals surface area (Å²) in [6, 6.07) is 10.8. The van der Waals surface area contributed by atoms with E-state index in [0.717, 1.165) is 45.4 Å². The molecule has 3 unspecified atom stereocenters. The molecule has 3 N–H and O–H groups in total. The Morgan fingerprint density at radius 1 is 1.36 bits per heavy atom. The standard InChI is InChI=1S/C20H32N4O/c1-2-3-12-22-19-10-7-14-24(15-18-11-13-23-25-18)20(19,16-21)17-8-5-4-6-9-17/h4-6,8-9,16,18-19,21-23H,2-3,7,10-15H2,1H3. The first kappa shape index (κ1) is 18.5. The fraction of sp³-hybridized carbons (Fsp3) is 0.650. The monoisotopic (exact) mass is 344 g/mol. The molecule has 25 heavy (non-hydrogen) atoms. The predicted molar refractivity (Wildman–Crippen MR) is 102 cm³/mol. The van der Waals surface area contributed by atoms with Gasteiger partial charge >= 0.3 is 0 Å². The molecule has 5 heteroatoms. The van der Waals surface area contributed by atoms with Gasteiger partial charge in [-0.3, -0.25) is 9.74 Å². The van der Waals surface area contributed by atoms with Crippen LogP contribution in [0.2, 0.25) is 0 Å². The van der Waals surface area contributed by atoms with E-state index in [2.05, 4.69) is 53.0 Å². The second-order valence-corrected chi connectivity index (χ2v) is 7.21. The van der Waals surface area contributed by atoms with Crippen LogP contribution in [0.3, 0.4) is 0 Å². The second-order valence-electron chi connectivity index (χ2n) is 7.21. The minimum Gasteiger partial charge on any atom is -0.311 e. The van der Waals surface area contributed by atoms with Gasteiger partial charge in [0.1, 0.15) is 0 Å². The molecule has 0 bridgehead atoms. The molecular formula is C20H32N4O. The zero-order chi connectivity index (χ0) is 17.5. The van der Waals surface area contributed by atoms with Crippen LogP contribution in [0.15, 0.2) is 30.3 Å². The average Bonchev–Trinajstić information content (AvgIpc) is 3.16. The molecule has 0 radical (unpaired) electrons. The summed E-state index contributed by atoms with van der Waals surface area (Å²) >= 11 is 0. The van der Waals surface area contributed by atoms with E-state index in [1.54, 1.807) is 6.21 Å². The van der Waals surface area contributed by atoms with Crippen molar-refractivity contribution in [2.45, 2.75) is 56.7 Å². The number of benzene rings is 1. The number of hydrogen-bond acceptors (Lipinski definition) is 5. The van der Waals surface area contributed by atoms with Crippen LogP contribution >= 0.6 is 0 Å². The summed E-state index contributed by atoms with van der Waals surface area (Å²) < 4.78 is 0. The molecule has 3 atom stereocenters. The zero-order valence-electron chi connectivity index (χ0n) is 15.3. The second kappa shape index (κ2) is 8.90. The summed E-state index contributed by atoms with van der Waals surface area (Å²) in [6.07, 6.45) is 7.54. The molecule has 2 fully saturated rings. The van der Waals surface area contributed by atoms with Crippen LogP contribution < -0.4 is 10.8 Å². The highest BCUT2D eigenvalue weighted by molar-refractivity contribution is 5.72. The maximum Gasteiger partial charge on any atom is 0.0967 e. The molecule has 0 aliphatic carbocycles. The zero-order valence-corrected chi connectivity index (χ0v) is 15.3. The summed E-state index contributed by atoms with van der Waals surface area (Å²) in [4.78, 5) is 8.15. The third-order valence-corrected chi connectivity index (χ3v) is 5.60. The smallest absolute Gasteiger partial charge is 0.0967 e. The number of hydrogen-bond donors (Lipinski definition) is 3. The van der Waals surface area contributed by atoms with E-state index < -0.39 is 0 Å². The van der Waals surface area contributed by atoms with Gasteiger partial charge in [0.25, 0.3) is 0 Å². The molecule has 2 aliphatic rings. The Labute approximate surface area is 151 Å². The molecule has 138 valence electrons. The predicted octanol–water partition coefficient (Wildman–Crippen LogP) is 2.68. The summed E-state index contributed by atoms with van der Waals surface area (Å²) in [7, 11) is 0. The lowest BCUT2D eigenvalue weighted by atomic mass is 9.76. The Kier molecular flexibility index (Phi) is 6.59. The molecule has 2 saturated heterocycles. The summed E-state index contributed by atoms with van der Waals surface area (Å²) in [5, 5.41) is 12.2. The molecule has 3 rings (SSSR count). The number of nitrogens with one attached hydrogen (secondary N) is 3. The van der Waals surface area contributed by atoms with E-state index in [-0.39, 0.29) is 17.7 Å². The fourth-order valence-corrected chi connectivity index (χ4v) is 4.26. The maximum atomic E-state index is 8.43. The van der Waals surface area contributed by atoms with Crippen LogP contribution in [0.5, 0.6) is 0 Å². The molecule has 0 amide bonds. The van der Waals surface area contributed by atoms with Crippen molar-refractivity contribution >= 4 is 6.21 Å². The van der Waals surface area contributed by atoms with Crippen molar-refractivity contribution < 1.29 is 4.84 Å². The van der Waals surface area contributed by atoms with Crippen LogP contribution in [-0.2, 0) is 10.4 Å². The van der Waals surface area contributed by atoms with Gasteiger partial charge in [-0.25, -0.2) is 5.48 Å². The summed E-state index contributed by atoms with van der Waals surface area (Å²) in [6.45, 7) is 6.03. The Morgan fingerprint density at radius 3 is 2.88 bits per heavy atom. The van der Waals surface area contributed by atoms with Gasteiger partial charge in [-0.15, -0.1) is 0 Å². The normalized spacial score (nSPS) is 30.4. The Hall–Kier alpha value is -1.27. The lowest BCUT2D eigenvalue weighted by molar-refractivity contribution is -0.0211. The van der Waals surface area contributed by atoms with E-state index in [0.29, 0.717) is 0 Å². The topological polar surface area (TPSA) is 60.4 Å². The minimum absolute atomic E-state index is 0.206. The third kappa shape index (κ3) is 3.95. The Balaban J connectivity index is 1.89. The maximum absolute atomic E-state index is 8.43. The van der Waals surface area contributed by atoms with Gasteiger partial charge in [0.15, 0.2) is 0 Å². The first-order valence-electron chi connectivity index (χ1n) is 9.75. The average molecular weight is 345 g/mol. The van der Waals surface area contributed by atoms with Gasteiger partial charge in [-0.05, 0) is 44.3 Å². The van der Waals surface area contributed by atoms with E-state index in [4.69, 9.17) is 10.2 Å². The van der Waals surface area contributed by atoms with Gasteiger partial charge < -0.3 is 10.7 Å². The molecule has 1 aromatic carbocycles. The number of nitrogens with zero attached hydrogens (tertiary/aromatic N) is 1. The molecule has 5 nitrogen and oxygen atoms in total. The SMILES string of the molecule is CCCCNC1CCCN(CC2CCNO2)C1(C=N)c1ccccc1. The quantitative estimate of drug-likeness (QED) is 0.501. The van der Waals surface area contributed by atoms with Crippen molar-refractivity contribution in [1.82, 2.24) is 15.7 Å². The highest BCUT2D eigenvalue weighted by Crippen LogP contribution is 2.37. The van der Waals surface area contributed by atoms with Crippen molar-refractivity contribution in [3.63, 3.8) is 0 Å². The number of unbranched alkanes of at least 4 members (excludes halogenated alkanes) is 1. The van der Waals surface area contributed by atoms with E-state index in [1.165, 1.54) is 18.4 Å². The highest BCUT2D eigenvalue weighted by Gasteiger charge is 2.46. The molecule has 0 spiro atoms. The van der Waals surface area contributed by atoms with Gasteiger partial charge in [-0.2, -0.15) is 0 Å². The molecule has 2 heterocycles. The van der Waals surface area contributed by atoms with Gasteiger partial charge in [0.2, 0.25) is 0 Å². The van der Waals surface area contributed by atoms with Crippen LogP contribution in [0.4, 0.5) is 0 Å². The van der Waals surface area contributed by atoms with Crippen LogP contribution in [-0.4, -0.2) is 49.4 Å². The number of rotatable bonds is 8. The molecule has 1 aromatic rings. The molecule has 0 saturated carbocycles. The van der Waals surface area contributed by atoms with E-state index in [9.17, 15) is 0 Å². The number of piperidine rings is 1. The molecule has 2 aliphatic heterocycles. The van der Waals surface area contributed by atoms with Gasteiger partial charge in [-0.1, -0.05) is 43.7 Å². The van der Waals surface area contributed by atoms with Crippen molar-refractivity contribution in [1.29, 1.82) is 5.41 Å². The molecule has 0 aromatic heterocycles. The lowest BCUT2D eigenvalue weighted by Gasteiger charge is -2.51. The minimum atomic E-state index is -0.390. The number of likely N-dealkylation sites (tertiary alicyclic amines) is 1. The first-order chi connectivity index (χ1) is 12.3. The molecular weight excluding hydrogens is 312 g/mol. The van der Waals surface area contributed by atoms with Crippen LogP contribution in [0, 0.1) is 5.41 Å². The number of hydroxylamine groups is 1. The van der Waals surface area contributed by atoms with E-state index >= 15 is 0 Å². The van der Waals surface area contributed by atoms with Crippen molar-refractivity contribution in [3.8, 4) is 0 Å². The first-order valence-corrected chi connectivity index (χ1v) is 9.75. The van der Waals surface area contributed by atoms with Crippen molar-refractivity contribution in [3.05, 3.63) is 35.9 Å². The fourth-order valence-electron chi connectivity index (χ4n) is 4.26. The van der Waals surface area contributed by atoms with E-state index in [1.807, 2.05) is 0 Å². The van der Waals surface area contributed by atoms with Crippen LogP contribution in [0.25, 0.3) is 0 Å².